The highest BCUT2D eigenvalue weighted by molar-refractivity contribution is 7.16. The minimum atomic E-state index is -0.0541. The maximum absolute atomic E-state index is 12.0. The van der Waals surface area contributed by atoms with Crippen LogP contribution in [0.4, 0.5) is 5.69 Å². The van der Waals surface area contributed by atoms with Crippen LogP contribution in [0.1, 0.15) is 28.2 Å². The first-order valence-electron chi connectivity index (χ1n) is 6.41. The summed E-state index contributed by atoms with van der Waals surface area (Å²) in [6.07, 6.45) is 0. The molecule has 0 spiro atoms. The number of halogens is 2. The lowest BCUT2D eigenvalue weighted by Crippen LogP contribution is -2.21. The molecule has 0 aliphatic carbocycles. The molecule has 1 atom stereocenters. The third-order valence-electron chi connectivity index (χ3n) is 3.01. The normalized spacial score (nSPS) is 12.0. The Morgan fingerprint density at radius 2 is 1.95 bits per heavy atom. The predicted octanol–water partition coefficient (Wildman–Crippen LogP) is 4.93. The molecule has 21 heavy (non-hydrogen) atoms. The van der Waals surface area contributed by atoms with Crippen LogP contribution >= 0.6 is 34.5 Å². The monoisotopic (exact) mass is 342 g/mol. The van der Waals surface area contributed by atoms with Crippen molar-refractivity contribution in [3.05, 3.63) is 50.1 Å². The van der Waals surface area contributed by atoms with Crippen LogP contribution < -0.4 is 5.32 Å². The summed E-state index contributed by atoms with van der Waals surface area (Å²) >= 11 is 13.7. The van der Waals surface area contributed by atoms with Crippen molar-refractivity contribution in [3.63, 3.8) is 0 Å². The van der Waals surface area contributed by atoms with Crippen LogP contribution in [0.15, 0.2) is 30.3 Å². The van der Waals surface area contributed by atoms with Gasteiger partial charge in [-0.15, -0.1) is 11.3 Å². The molecule has 1 aromatic heterocycles. The molecule has 1 aromatic carbocycles. The minimum absolute atomic E-state index is 0.0541. The van der Waals surface area contributed by atoms with E-state index in [0.29, 0.717) is 10.6 Å². The SMILES string of the molecule is CC(Nc1cc(C(=O)N(C)C)ccc1Cl)c1ccc(Cl)s1. The molecule has 0 saturated carbocycles. The molecule has 0 bridgehead atoms. The smallest absolute Gasteiger partial charge is 0.253 e. The summed E-state index contributed by atoms with van der Waals surface area (Å²) in [6, 6.07) is 9.14. The Balaban J connectivity index is 2.23. The summed E-state index contributed by atoms with van der Waals surface area (Å²) in [7, 11) is 3.45. The van der Waals surface area contributed by atoms with Gasteiger partial charge in [0.05, 0.1) is 21.1 Å². The summed E-state index contributed by atoms with van der Waals surface area (Å²) in [5.74, 6) is -0.0541. The topological polar surface area (TPSA) is 32.3 Å². The van der Waals surface area contributed by atoms with Gasteiger partial charge in [0.1, 0.15) is 0 Å². The lowest BCUT2D eigenvalue weighted by atomic mass is 10.1. The zero-order valence-electron chi connectivity index (χ0n) is 12.0. The standard InChI is InChI=1S/C15H16Cl2N2OS/c1-9(13-6-7-14(17)21-13)18-12-8-10(4-5-11(12)16)15(20)19(2)3/h4-9,18H,1-3H3. The molecular weight excluding hydrogens is 327 g/mol. The Morgan fingerprint density at radius 3 is 2.52 bits per heavy atom. The molecule has 0 aliphatic rings. The largest absolute Gasteiger partial charge is 0.376 e. The van der Waals surface area contributed by atoms with Gasteiger partial charge < -0.3 is 10.2 Å². The van der Waals surface area contributed by atoms with Crippen LogP contribution in [-0.2, 0) is 0 Å². The molecule has 0 fully saturated rings. The fourth-order valence-corrected chi connectivity index (χ4v) is 3.13. The van der Waals surface area contributed by atoms with Crippen molar-refractivity contribution in [2.24, 2.45) is 0 Å². The van der Waals surface area contributed by atoms with Gasteiger partial charge in [0.2, 0.25) is 0 Å². The van der Waals surface area contributed by atoms with E-state index in [1.54, 1.807) is 32.3 Å². The number of anilines is 1. The summed E-state index contributed by atoms with van der Waals surface area (Å²) in [6.45, 7) is 2.03. The molecule has 3 nitrogen and oxygen atoms in total. The van der Waals surface area contributed by atoms with Crippen molar-refractivity contribution in [1.82, 2.24) is 4.90 Å². The third kappa shape index (κ3) is 3.90. The lowest BCUT2D eigenvalue weighted by molar-refractivity contribution is 0.0827. The van der Waals surface area contributed by atoms with E-state index in [1.807, 2.05) is 19.1 Å². The zero-order valence-corrected chi connectivity index (χ0v) is 14.3. The van der Waals surface area contributed by atoms with Crippen molar-refractivity contribution in [1.29, 1.82) is 0 Å². The average Bonchev–Trinajstić information content (AvgIpc) is 2.87. The van der Waals surface area contributed by atoms with Crippen molar-refractivity contribution in [2.75, 3.05) is 19.4 Å². The fraction of sp³-hybridized carbons (Fsp3) is 0.267. The highest BCUT2D eigenvalue weighted by Gasteiger charge is 2.13. The molecule has 1 amide bonds. The van der Waals surface area contributed by atoms with Crippen LogP contribution in [0, 0.1) is 0 Å². The van der Waals surface area contributed by atoms with Crippen molar-refractivity contribution >= 4 is 46.1 Å². The lowest BCUT2D eigenvalue weighted by Gasteiger charge is -2.17. The highest BCUT2D eigenvalue weighted by Crippen LogP contribution is 2.31. The molecule has 0 radical (unpaired) electrons. The van der Waals surface area contributed by atoms with Gasteiger partial charge in [-0.3, -0.25) is 4.79 Å². The number of nitrogens with one attached hydrogen (secondary N) is 1. The Bertz CT molecular complexity index is 655. The van der Waals surface area contributed by atoms with E-state index in [9.17, 15) is 4.79 Å². The number of hydrogen-bond acceptors (Lipinski definition) is 3. The molecule has 112 valence electrons. The first kappa shape index (κ1) is 16.1. The van der Waals surface area contributed by atoms with Gasteiger partial charge in [0, 0.05) is 24.5 Å². The first-order valence-corrected chi connectivity index (χ1v) is 7.98. The van der Waals surface area contributed by atoms with Crippen LogP contribution in [0.5, 0.6) is 0 Å². The Morgan fingerprint density at radius 1 is 1.24 bits per heavy atom. The summed E-state index contributed by atoms with van der Waals surface area (Å²) in [4.78, 5) is 14.7. The van der Waals surface area contributed by atoms with Gasteiger partial charge in [-0.05, 0) is 37.3 Å². The van der Waals surface area contributed by atoms with Crippen molar-refractivity contribution in [3.8, 4) is 0 Å². The number of amides is 1. The van der Waals surface area contributed by atoms with Gasteiger partial charge in [0.25, 0.3) is 5.91 Å². The molecular formula is C15H16Cl2N2OS. The average molecular weight is 343 g/mol. The van der Waals surface area contributed by atoms with E-state index in [0.717, 1.165) is 14.9 Å². The van der Waals surface area contributed by atoms with E-state index in [-0.39, 0.29) is 11.9 Å². The second-order valence-corrected chi connectivity index (χ2v) is 7.06. The first-order chi connectivity index (χ1) is 9.88. The van der Waals surface area contributed by atoms with Crippen LogP contribution in [0.3, 0.4) is 0 Å². The van der Waals surface area contributed by atoms with Gasteiger partial charge in [-0.2, -0.15) is 0 Å². The molecule has 6 heteroatoms. The number of carbonyl (C=O) groups is 1. The molecule has 2 rings (SSSR count). The number of rotatable bonds is 4. The Kier molecular flexibility index (Phi) is 5.14. The maximum Gasteiger partial charge on any atom is 0.253 e. The maximum atomic E-state index is 12.0. The van der Waals surface area contributed by atoms with Crippen molar-refractivity contribution in [2.45, 2.75) is 13.0 Å². The van der Waals surface area contributed by atoms with Gasteiger partial charge in [-0.25, -0.2) is 0 Å². The van der Waals surface area contributed by atoms with E-state index in [2.05, 4.69) is 5.32 Å². The predicted molar refractivity (Wildman–Crippen MR) is 90.8 cm³/mol. The van der Waals surface area contributed by atoms with Gasteiger partial charge >= 0.3 is 0 Å². The van der Waals surface area contributed by atoms with Crippen LogP contribution in [0.25, 0.3) is 0 Å². The molecule has 2 aromatic rings. The number of carbonyl (C=O) groups excluding carboxylic acids is 1. The fourth-order valence-electron chi connectivity index (χ4n) is 1.89. The Hall–Kier alpha value is -1.23. The van der Waals surface area contributed by atoms with Crippen molar-refractivity contribution < 1.29 is 4.79 Å². The minimum Gasteiger partial charge on any atom is -0.376 e. The van der Waals surface area contributed by atoms with E-state index < -0.39 is 0 Å². The second kappa shape index (κ2) is 6.69. The molecule has 1 N–H and O–H groups in total. The molecule has 1 heterocycles. The third-order valence-corrected chi connectivity index (χ3v) is 4.76. The van der Waals surface area contributed by atoms with E-state index in [4.69, 9.17) is 23.2 Å². The summed E-state index contributed by atoms with van der Waals surface area (Å²) < 4.78 is 0.751. The van der Waals surface area contributed by atoms with Crippen LogP contribution in [0.2, 0.25) is 9.36 Å². The van der Waals surface area contributed by atoms with Gasteiger partial charge in [-0.1, -0.05) is 23.2 Å². The number of nitrogens with zero attached hydrogens (tertiary/aromatic N) is 1. The quantitative estimate of drug-likeness (QED) is 0.854. The van der Waals surface area contributed by atoms with Gasteiger partial charge in [0.15, 0.2) is 0 Å². The van der Waals surface area contributed by atoms with E-state index in [1.165, 1.54) is 16.2 Å². The summed E-state index contributed by atoms with van der Waals surface area (Å²) in [5.41, 5.74) is 1.34. The molecule has 0 aliphatic heterocycles. The molecule has 0 saturated heterocycles. The van der Waals surface area contributed by atoms with E-state index >= 15 is 0 Å². The summed E-state index contributed by atoms with van der Waals surface area (Å²) in [5, 5.41) is 3.91. The zero-order chi connectivity index (χ0) is 15.6. The number of thiophene rings is 1. The Labute approximate surface area is 138 Å². The highest BCUT2D eigenvalue weighted by atomic mass is 35.5. The number of benzene rings is 1. The molecule has 1 unspecified atom stereocenters. The second-order valence-electron chi connectivity index (χ2n) is 4.90. The van der Waals surface area contributed by atoms with Crippen LogP contribution in [-0.4, -0.2) is 24.9 Å². The number of hydrogen-bond donors (Lipinski definition) is 1.